The van der Waals surface area contributed by atoms with E-state index in [1.165, 1.54) is 0 Å². The molecule has 0 aromatic heterocycles. The summed E-state index contributed by atoms with van der Waals surface area (Å²) in [5.74, 6) is -1.83. The van der Waals surface area contributed by atoms with Gasteiger partial charge in [0.1, 0.15) is 11.6 Å². The first-order valence-electron chi connectivity index (χ1n) is 4.90. The minimum absolute atomic E-state index is 0.470. The summed E-state index contributed by atoms with van der Waals surface area (Å²) in [4.78, 5) is 11.4. The van der Waals surface area contributed by atoms with Crippen molar-refractivity contribution in [3.05, 3.63) is 11.8 Å². The summed E-state index contributed by atoms with van der Waals surface area (Å²) >= 11 is 0. The highest BCUT2D eigenvalue weighted by Gasteiger charge is 2.52. The lowest BCUT2D eigenvalue weighted by Crippen LogP contribution is -2.50. The van der Waals surface area contributed by atoms with Crippen molar-refractivity contribution in [1.29, 1.82) is 5.26 Å². The van der Waals surface area contributed by atoms with Crippen LogP contribution in [0.1, 0.15) is 19.3 Å². The van der Waals surface area contributed by atoms with E-state index in [9.17, 15) is 18.0 Å². The fourth-order valence-electron chi connectivity index (χ4n) is 2.23. The number of allylic oxidation sites excluding steroid dienone is 2. The Morgan fingerprint density at radius 1 is 1.50 bits per heavy atom. The lowest BCUT2D eigenvalue weighted by molar-refractivity contribution is -0.135. The van der Waals surface area contributed by atoms with Gasteiger partial charge < -0.3 is 5.32 Å². The van der Waals surface area contributed by atoms with Crippen LogP contribution in [0.15, 0.2) is 11.8 Å². The smallest absolute Gasteiger partial charge is 0.321 e. The molecule has 1 amide bonds. The Bertz CT molecular complexity index is 401. The summed E-state index contributed by atoms with van der Waals surface area (Å²) in [5, 5.41) is 10.6. The van der Waals surface area contributed by atoms with Crippen molar-refractivity contribution in [1.82, 2.24) is 5.32 Å². The molecule has 0 aromatic carbocycles. The Kier molecular flexibility index (Phi) is 2.22. The zero-order valence-electron chi connectivity index (χ0n) is 8.27. The molecule has 86 valence electrons. The molecule has 1 spiro atoms. The van der Waals surface area contributed by atoms with Crippen LogP contribution in [0.2, 0.25) is 0 Å². The topological polar surface area (TPSA) is 52.9 Å². The van der Waals surface area contributed by atoms with Gasteiger partial charge in [-0.1, -0.05) is 6.42 Å². The zero-order chi connectivity index (χ0) is 12.0. The molecule has 0 radical (unpaired) electrons. The van der Waals surface area contributed by atoms with Crippen LogP contribution in [0.25, 0.3) is 0 Å². The largest absolute Gasteiger partial charge is 0.431 e. The molecule has 2 rings (SSSR count). The molecule has 1 saturated carbocycles. The summed E-state index contributed by atoms with van der Waals surface area (Å²) in [6, 6.07) is 1.79. The Labute approximate surface area is 89.9 Å². The van der Waals surface area contributed by atoms with E-state index in [4.69, 9.17) is 5.26 Å². The van der Waals surface area contributed by atoms with Crippen LogP contribution in [-0.4, -0.2) is 12.1 Å². The van der Waals surface area contributed by atoms with E-state index < -0.39 is 29.1 Å². The van der Waals surface area contributed by atoms with Gasteiger partial charge in [0.2, 0.25) is 5.91 Å². The van der Waals surface area contributed by atoms with Crippen LogP contribution < -0.4 is 5.32 Å². The number of carbonyl (C=O) groups is 1. The maximum atomic E-state index is 12.5. The van der Waals surface area contributed by atoms with Gasteiger partial charge in [0.05, 0.1) is 6.07 Å². The Balaban J connectivity index is 2.40. The van der Waals surface area contributed by atoms with Gasteiger partial charge in [0.15, 0.2) is 0 Å². The lowest BCUT2D eigenvalue weighted by atomic mass is 9.59. The maximum absolute atomic E-state index is 12.5. The van der Waals surface area contributed by atoms with Gasteiger partial charge in [-0.3, -0.25) is 4.79 Å². The second-order valence-corrected chi connectivity index (χ2v) is 4.19. The molecular weight excluding hydrogens is 221 g/mol. The van der Waals surface area contributed by atoms with E-state index >= 15 is 0 Å². The van der Waals surface area contributed by atoms with E-state index in [2.05, 4.69) is 0 Å². The predicted octanol–water partition coefficient (Wildman–Crippen LogP) is 1.87. The van der Waals surface area contributed by atoms with Gasteiger partial charge in [-0.05, 0) is 18.9 Å². The molecule has 1 fully saturated rings. The van der Waals surface area contributed by atoms with Gasteiger partial charge in [-0.15, -0.1) is 0 Å². The van der Waals surface area contributed by atoms with Crippen molar-refractivity contribution < 1.29 is 18.0 Å². The minimum atomic E-state index is -4.56. The highest BCUT2D eigenvalue weighted by atomic mass is 19.4. The molecule has 0 aromatic rings. The molecule has 1 aliphatic heterocycles. The van der Waals surface area contributed by atoms with Crippen molar-refractivity contribution in [3.63, 3.8) is 0 Å². The van der Waals surface area contributed by atoms with Crippen LogP contribution >= 0.6 is 0 Å². The average Bonchev–Trinajstić information content (AvgIpc) is 2.12. The van der Waals surface area contributed by atoms with E-state index in [0.717, 1.165) is 12.5 Å². The summed E-state index contributed by atoms with van der Waals surface area (Å²) in [5.41, 5.74) is -1.91. The van der Waals surface area contributed by atoms with Gasteiger partial charge in [0, 0.05) is 5.41 Å². The standard InChI is InChI=1S/C10H9F3N2O/c11-10(12,13)7-4-9(2-1-3-9)6(5-14)8(16)15-7/h4,6H,1-3H2,(H,15,16). The molecule has 1 aliphatic carbocycles. The second-order valence-electron chi connectivity index (χ2n) is 4.19. The molecule has 1 heterocycles. The first kappa shape index (κ1) is 11.0. The zero-order valence-corrected chi connectivity index (χ0v) is 8.27. The number of nitrogens with zero attached hydrogens (tertiary/aromatic N) is 1. The number of hydrogen-bond donors (Lipinski definition) is 1. The van der Waals surface area contributed by atoms with E-state index in [1.807, 2.05) is 0 Å². The minimum Gasteiger partial charge on any atom is -0.321 e. The van der Waals surface area contributed by atoms with Gasteiger partial charge >= 0.3 is 6.18 Å². The number of nitrogens with one attached hydrogen (secondary N) is 1. The summed E-state index contributed by atoms with van der Waals surface area (Å²) in [6.45, 7) is 0. The molecule has 2 aliphatic rings. The van der Waals surface area contributed by atoms with Gasteiger partial charge in [-0.2, -0.15) is 18.4 Å². The van der Waals surface area contributed by atoms with Crippen LogP contribution in [0, 0.1) is 22.7 Å². The van der Waals surface area contributed by atoms with Crippen molar-refractivity contribution in [3.8, 4) is 6.07 Å². The number of halogens is 3. The number of amides is 1. The monoisotopic (exact) mass is 230 g/mol. The number of hydrogen-bond acceptors (Lipinski definition) is 2. The number of alkyl halides is 3. The van der Waals surface area contributed by atoms with Gasteiger partial charge in [-0.25, -0.2) is 0 Å². The third kappa shape index (κ3) is 1.47. The van der Waals surface area contributed by atoms with Crippen LogP contribution in [0.5, 0.6) is 0 Å². The van der Waals surface area contributed by atoms with E-state index in [1.54, 1.807) is 11.4 Å². The molecule has 6 heteroatoms. The van der Waals surface area contributed by atoms with Crippen molar-refractivity contribution >= 4 is 5.91 Å². The third-order valence-electron chi connectivity index (χ3n) is 3.25. The fourth-order valence-corrected chi connectivity index (χ4v) is 2.23. The van der Waals surface area contributed by atoms with Crippen molar-refractivity contribution in [2.24, 2.45) is 11.3 Å². The average molecular weight is 230 g/mol. The first-order chi connectivity index (χ1) is 7.39. The Hall–Kier alpha value is -1.51. The SMILES string of the molecule is N#CC1C(=O)NC(C(F)(F)F)=CC12CCC2. The summed E-state index contributed by atoms with van der Waals surface area (Å²) in [6.07, 6.45) is -1.84. The number of nitriles is 1. The predicted molar refractivity (Wildman–Crippen MR) is 47.7 cm³/mol. The quantitative estimate of drug-likeness (QED) is 0.690. The molecular formula is C10H9F3N2O. The molecule has 0 saturated heterocycles. The third-order valence-corrected chi connectivity index (χ3v) is 3.25. The van der Waals surface area contributed by atoms with Crippen molar-refractivity contribution in [2.75, 3.05) is 0 Å². The molecule has 3 nitrogen and oxygen atoms in total. The molecule has 16 heavy (non-hydrogen) atoms. The summed E-state index contributed by atoms with van der Waals surface area (Å²) < 4.78 is 37.5. The highest BCUT2D eigenvalue weighted by Crippen LogP contribution is 2.51. The van der Waals surface area contributed by atoms with Crippen molar-refractivity contribution in [2.45, 2.75) is 25.4 Å². The Morgan fingerprint density at radius 3 is 2.50 bits per heavy atom. The van der Waals surface area contributed by atoms with Crippen LogP contribution in [0.4, 0.5) is 13.2 Å². The molecule has 1 unspecified atom stereocenters. The number of carbonyl (C=O) groups excluding carboxylic acids is 1. The Morgan fingerprint density at radius 2 is 2.12 bits per heavy atom. The molecule has 1 atom stereocenters. The van der Waals surface area contributed by atoms with Crippen LogP contribution in [-0.2, 0) is 4.79 Å². The maximum Gasteiger partial charge on any atom is 0.431 e. The number of rotatable bonds is 0. The summed E-state index contributed by atoms with van der Waals surface area (Å²) in [7, 11) is 0. The van der Waals surface area contributed by atoms with Gasteiger partial charge in [0.25, 0.3) is 0 Å². The molecule has 1 N–H and O–H groups in total. The van der Waals surface area contributed by atoms with E-state index in [-0.39, 0.29) is 0 Å². The highest BCUT2D eigenvalue weighted by molar-refractivity contribution is 5.85. The second kappa shape index (κ2) is 3.24. The lowest BCUT2D eigenvalue weighted by Gasteiger charge is -2.45. The normalized spacial score (nSPS) is 27.8. The fraction of sp³-hybridized carbons (Fsp3) is 0.600. The first-order valence-corrected chi connectivity index (χ1v) is 4.90. The molecule has 0 bridgehead atoms. The van der Waals surface area contributed by atoms with Crippen LogP contribution in [0.3, 0.4) is 0 Å². The van der Waals surface area contributed by atoms with E-state index in [0.29, 0.717) is 12.8 Å².